The Bertz CT molecular complexity index is 106. The van der Waals surface area contributed by atoms with E-state index in [0.717, 1.165) is 0 Å². The van der Waals surface area contributed by atoms with Crippen LogP contribution in [0.15, 0.2) is 36.7 Å². The minimum Gasteiger partial charge on any atom is -0.368 e. The van der Waals surface area contributed by atoms with Gasteiger partial charge in [-0.2, -0.15) is 0 Å². The molecule has 0 aromatic rings. The lowest BCUT2D eigenvalue weighted by atomic mass is 10.5. The zero-order valence-corrected chi connectivity index (χ0v) is 3.96. The fraction of sp³-hybridized carbons (Fsp3) is 0.143. The largest absolute Gasteiger partial charge is 0.368 e. The van der Waals surface area contributed by atoms with Crippen LogP contribution in [-0.2, 0) is 0 Å². The van der Waals surface area contributed by atoms with Crippen LogP contribution in [-0.4, -0.2) is 0 Å². The van der Waals surface area contributed by atoms with Crippen LogP contribution in [0.5, 0.6) is 0 Å². The van der Waals surface area contributed by atoms with E-state index in [-0.39, 0.29) is 7.43 Å². The van der Waals surface area contributed by atoms with Gasteiger partial charge in [0.1, 0.15) is 0 Å². The summed E-state index contributed by atoms with van der Waals surface area (Å²) in [6.07, 6.45) is 11.6. The highest BCUT2D eigenvalue weighted by Crippen LogP contribution is 1.81. The Morgan fingerprint density at radius 2 is 1.25 bits per heavy atom. The molecule has 0 aromatic carbocycles. The van der Waals surface area contributed by atoms with Gasteiger partial charge in [0, 0.05) is 12.4 Å². The molecule has 8 heavy (non-hydrogen) atoms. The van der Waals surface area contributed by atoms with Gasteiger partial charge in [0.15, 0.2) is 0 Å². The third-order valence-corrected chi connectivity index (χ3v) is 0.718. The fourth-order valence-electron chi connectivity index (χ4n) is 0.406. The van der Waals surface area contributed by atoms with Crippen LogP contribution in [0.2, 0.25) is 0 Å². The van der Waals surface area contributed by atoms with E-state index in [1.807, 2.05) is 36.7 Å². The lowest BCUT2D eigenvalue weighted by Crippen LogP contribution is -1.87. The van der Waals surface area contributed by atoms with Gasteiger partial charge in [-0.05, 0) is 12.2 Å². The van der Waals surface area contributed by atoms with Crippen molar-refractivity contribution in [2.75, 3.05) is 0 Å². The molecule has 0 bridgehead atoms. The normalized spacial score (nSPS) is 14.0. The first-order valence-corrected chi connectivity index (χ1v) is 2.24. The molecule has 0 saturated carbocycles. The Labute approximate surface area is 50.4 Å². The molecule has 1 heteroatoms. The SMILES string of the molecule is C.C1=CC=CNC=C1. The molecule has 0 atom stereocenters. The van der Waals surface area contributed by atoms with Crippen LogP contribution in [0.3, 0.4) is 0 Å². The third kappa shape index (κ3) is 2.24. The molecule has 1 aliphatic heterocycles. The van der Waals surface area contributed by atoms with Gasteiger partial charge in [0.2, 0.25) is 0 Å². The van der Waals surface area contributed by atoms with Gasteiger partial charge in [-0.3, -0.25) is 0 Å². The van der Waals surface area contributed by atoms with E-state index in [2.05, 4.69) is 5.32 Å². The highest BCUT2D eigenvalue weighted by Gasteiger charge is 1.67. The molecule has 0 fully saturated rings. The highest BCUT2D eigenvalue weighted by atomic mass is 14.8. The molecule has 1 N–H and O–H groups in total. The molecule has 0 saturated heterocycles. The molecular formula is C7H11N. The Morgan fingerprint density at radius 3 is 1.75 bits per heavy atom. The molecule has 0 amide bonds. The van der Waals surface area contributed by atoms with Crippen LogP contribution in [0.25, 0.3) is 0 Å². The monoisotopic (exact) mass is 109 g/mol. The molecular weight excluding hydrogens is 98.1 g/mol. The first kappa shape index (κ1) is 7.02. The summed E-state index contributed by atoms with van der Waals surface area (Å²) in [4.78, 5) is 0. The van der Waals surface area contributed by atoms with Gasteiger partial charge in [-0.1, -0.05) is 19.6 Å². The minimum absolute atomic E-state index is 0. The topological polar surface area (TPSA) is 12.0 Å². The Balaban J connectivity index is 0.000000490. The van der Waals surface area contributed by atoms with Crippen molar-refractivity contribution in [1.29, 1.82) is 0 Å². The molecule has 0 aliphatic carbocycles. The minimum atomic E-state index is 0. The average molecular weight is 109 g/mol. The summed E-state index contributed by atoms with van der Waals surface area (Å²) in [5.74, 6) is 0. The number of hydrogen-bond acceptors (Lipinski definition) is 1. The summed E-state index contributed by atoms with van der Waals surface area (Å²) < 4.78 is 0. The first-order valence-electron chi connectivity index (χ1n) is 2.24. The lowest BCUT2D eigenvalue weighted by molar-refractivity contribution is 1.20. The Morgan fingerprint density at radius 1 is 0.750 bits per heavy atom. The molecule has 1 aliphatic rings. The van der Waals surface area contributed by atoms with E-state index < -0.39 is 0 Å². The summed E-state index contributed by atoms with van der Waals surface area (Å²) in [6.45, 7) is 0. The molecule has 0 spiro atoms. The maximum atomic E-state index is 2.92. The predicted octanol–water partition coefficient (Wildman–Crippen LogP) is 1.81. The van der Waals surface area contributed by atoms with Gasteiger partial charge in [-0.15, -0.1) is 0 Å². The van der Waals surface area contributed by atoms with Crippen LogP contribution < -0.4 is 5.32 Å². The molecule has 44 valence electrons. The number of allylic oxidation sites excluding steroid dienone is 4. The van der Waals surface area contributed by atoms with E-state index in [1.54, 1.807) is 0 Å². The Kier molecular flexibility index (Phi) is 3.67. The molecule has 1 nitrogen and oxygen atoms in total. The van der Waals surface area contributed by atoms with Gasteiger partial charge in [0.25, 0.3) is 0 Å². The summed E-state index contributed by atoms with van der Waals surface area (Å²) in [5.41, 5.74) is 0. The van der Waals surface area contributed by atoms with Crippen molar-refractivity contribution >= 4 is 0 Å². The molecule has 1 heterocycles. The molecule has 0 radical (unpaired) electrons. The standard InChI is InChI=1S/C6H7N.CH4/c1-2-4-6-7-5-3-1;/h1-7H;1H4. The van der Waals surface area contributed by atoms with E-state index in [1.165, 1.54) is 0 Å². The second-order valence-electron chi connectivity index (χ2n) is 1.27. The molecule has 0 aromatic heterocycles. The summed E-state index contributed by atoms with van der Waals surface area (Å²) >= 11 is 0. The number of hydrogen-bond donors (Lipinski definition) is 1. The van der Waals surface area contributed by atoms with Crippen molar-refractivity contribution in [3.05, 3.63) is 36.7 Å². The zero-order valence-electron chi connectivity index (χ0n) is 3.96. The quantitative estimate of drug-likeness (QED) is 0.500. The van der Waals surface area contributed by atoms with Crippen LogP contribution in [0.1, 0.15) is 7.43 Å². The maximum absolute atomic E-state index is 2.92. The highest BCUT2D eigenvalue weighted by molar-refractivity contribution is 5.14. The lowest BCUT2D eigenvalue weighted by Gasteiger charge is -1.79. The summed E-state index contributed by atoms with van der Waals surface area (Å²) in [5, 5.41) is 2.92. The second-order valence-corrected chi connectivity index (χ2v) is 1.27. The van der Waals surface area contributed by atoms with Gasteiger partial charge < -0.3 is 5.32 Å². The van der Waals surface area contributed by atoms with Crippen molar-refractivity contribution < 1.29 is 0 Å². The average Bonchev–Trinajstić information content (AvgIpc) is 1.90. The Hall–Kier alpha value is -0.980. The van der Waals surface area contributed by atoms with Crippen molar-refractivity contribution in [1.82, 2.24) is 5.32 Å². The summed E-state index contributed by atoms with van der Waals surface area (Å²) in [7, 11) is 0. The van der Waals surface area contributed by atoms with Gasteiger partial charge >= 0.3 is 0 Å². The van der Waals surface area contributed by atoms with E-state index in [0.29, 0.717) is 0 Å². The predicted molar refractivity (Wildman–Crippen MR) is 37.3 cm³/mol. The number of nitrogens with one attached hydrogen (secondary N) is 1. The van der Waals surface area contributed by atoms with Crippen molar-refractivity contribution in [3.63, 3.8) is 0 Å². The van der Waals surface area contributed by atoms with Crippen molar-refractivity contribution in [2.45, 2.75) is 7.43 Å². The van der Waals surface area contributed by atoms with Gasteiger partial charge in [-0.25, -0.2) is 0 Å². The smallest absolute Gasteiger partial charge is 0.000442 e. The van der Waals surface area contributed by atoms with E-state index >= 15 is 0 Å². The molecule has 1 rings (SSSR count). The van der Waals surface area contributed by atoms with Crippen molar-refractivity contribution in [3.8, 4) is 0 Å². The first-order chi connectivity index (χ1) is 3.50. The van der Waals surface area contributed by atoms with Crippen LogP contribution in [0, 0.1) is 0 Å². The maximum Gasteiger partial charge on any atom is 0.000442 e. The summed E-state index contributed by atoms with van der Waals surface area (Å²) in [6, 6.07) is 0. The van der Waals surface area contributed by atoms with Gasteiger partial charge in [0.05, 0.1) is 0 Å². The van der Waals surface area contributed by atoms with Crippen LogP contribution in [0.4, 0.5) is 0 Å². The van der Waals surface area contributed by atoms with Crippen molar-refractivity contribution in [2.24, 2.45) is 0 Å². The zero-order chi connectivity index (χ0) is 4.95. The molecule has 0 unspecified atom stereocenters. The van der Waals surface area contributed by atoms with E-state index in [4.69, 9.17) is 0 Å². The van der Waals surface area contributed by atoms with Crippen LogP contribution >= 0.6 is 0 Å². The number of rotatable bonds is 0. The fourth-order valence-corrected chi connectivity index (χ4v) is 0.406. The van der Waals surface area contributed by atoms with E-state index in [9.17, 15) is 0 Å². The second kappa shape index (κ2) is 4.19. The third-order valence-electron chi connectivity index (χ3n) is 0.718.